The molecule has 2 heterocycles. The number of aliphatic hydroxyl groups is 1. The van der Waals surface area contributed by atoms with Gasteiger partial charge in [-0.15, -0.1) is 0 Å². The molecular weight excluding hydrogens is 408 g/mol. The van der Waals surface area contributed by atoms with Crippen molar-refractivity contribution in [2.45, 2.75) is 18.8 Å². The molecule has 0 bridgehead atoms. The number of ether oxygens (including phenoxy) is 1. The molecule has 0 unspecified atom stereocenters. The zero-order valence-electron chi connectivity index (χ0n) is 14.5. The predicted octanol–water partition coefficient (Wildman–Crippen LogP) is 0.571. The predicted molar refractivity (Wildman–Crippen MR) is 85.6 cm³/mol. The number of halogens is 4. The number of amides is 2. The first-order valence-electron chi connectivity index (χ1n) is 8.04. The van der Waals surface area contributed by atoms with Gasteiger partial charge in [-0.05, 0) is 5.16 Å². The number of primary amides is 1. The maximum absolute atomic E-state index is 14.7. The van der Waals surface area contributed by atoms with Crippen molar-refractivity contribution in [1.29, 1.82) is 0 Å². The molecule has 29 heavy (non-hydrogen) atoms. The summed E-state index contributed by atoms with van der Waals surface area (Å²) < 4.78 is 63.8. The summed E-state index contributed by atoms with van der Waals surface area (Å²) in [5.41, 5.74) is 3.30. The van der Waals surface area contributed by atoms with Gasteiger partial charge in [-0.1, -0.05) is 0 Å². The largest absolute Gasteiger partial charge is 0.434 e. The number of aromatic nitrogens is 1. The molecule has 0 radical (unpaired) electrons. The number of hydrogen-bond acceptors (Lipinski definition) is 7. The van der Waals surface area contributed by atoms with Gasteiger partial charge in [0, 0.05) is 12.1 Å². The Kier molecular flexibility index (Phi) is 5.37. The van der Waals surface area contributed by atoms with Gasteiger partial charge in [-0.25, -0.2) is 9.18 Å². The number of nitrogens with two attached hydrogens (primary N) is 1. The molecule has 0 saturated carbocycles. The first-order chi connectivity index (χ1) is 13.6. The number of carbonyl (C=O) groups excluding carboxylic acids is 2. The molecule has 1 aromatic carbocycles. The van der Waals surface area contributed by atoms with Crippen LogP contribution in [0.2, 0.25) is 0 Å². The molecule has 1 saturated heterocycles. The summed E-state index contributed by atoms with van der Waals surface area (Å²) in [7, 11) is 0. The first kappa shape index (κ1) is 20.4. The molecule has 14 heteroatoms. The van der Waals surface area contributed by atoms with E-state index in [0.717, 1.165) is 17.0 Å². The molecule has 1 aliphatic rings. The van der Waals surface area contributed by atoms with E-state index in [1.54, 1.807) is 0 Å². The van der Waals surface area contributed by atoms with Gasteiger partial charge >= 0.3 is 18.0 Å². The highest BCUT2D eigenvalue weighted by molar-refractivity contribution is 5.96. The number of anilines is 1. The van der Waals surface area contributed by atoms with Gasteiger partial charge in [0.2, 0.25) is 0 Å². The highest BCUT2D eigenvalue weighted by Crippen LogP contribution is 2.29. The van der Waals surface area contributed by atoms with Crippen LogP contribution in [0, 0.1) is 5.82 Å². The topological polar surface area (TPSA) is 133 Å². The van der Waals surface area contributed by atoms with Crippen molar-refractivity contribution in [1.82, 2.24) is 4.57 Å². The van der Waals surface area contributed by atoms with Crippen LogP contribution in [0.3, 0.4) is 0 Å². The lowest BCUT2D eigenvalue weighted by molar-refractivity contribution is -0.141. The van der Waals surface area contributed by atoms with Crippen LogP contribution in [0.15, 0.2) is 21.7 Å². The van der Waals surface area contributed by atoms with E-state index in [2.05, 4.69) is 9.99 Å². The van der Waals surface area contributed by atoms with E-state index in [4.69, 9.17) is 20.0 Å². The molecule has 2 amide bonds. The van der Waals surface area contributed by atoms with Crippen molar-refractivity contribution in [3.8, 4) is 0 Å². The number of benzene rings is 1. The highest BCUT2D eigenvalue weighted by Gasteiger charge is 2.37. The number of oxazole rings is 1. The van der Waals surface area contributed by atoms with E-state index in [-0.39, 0.29) is 24.4 Å². The minimum Gasteiger partial charge on any atom is -0.434 e. The zero-order valence-corrected chi connectivity index (χ0v) is 14.5. The lowest BCUT2D eigenvalue weighted by atomic mass is 10.2. The lowest BCUT2D eigenvalue weighted by Crippen LogP contribution is -2.32. The van der Waals surface area contributed by atoms with E-state index in [0.29, 0.717) is 4.57 Å². The van der Waals surface area contributed by atoms with Crippen molar-refractivity contribution in [3.63, 3.8) is 0 Å². The summed E-state index contributed by atoms with van der Waals surface area (Å²) >= 11 is 0. The lowest BCUT2D eigenvalue weighted by Gasteiger charge is -2.13. The highest BCUT2D eigenvalue weighted by atomic mass is 19.4. The van der Waals surface area contributed by atoms with Crippen molar-refractivity contribution in [2.75, 3.05) is 24.7 Å². The third-order valence-corrected chi connectivity index (χ3v) is 3.82. The van der Waals surface area contributed by atoms with Gasteiger partial charge in [0.15, 0.2) is 17.5 Å². The summed E-state index contributed by atoms with van der Waals surface area (Å²) in [6, 6.07) is 1.87. The quantitative estimate of drug-likeness (QED) is 0.397. The van der Waals surface area contributed by atoms with Crippen LogP contribution in [0.5, 0.6) is 0 Å². The van der Waals surface area contributed by atoms with E-state index >= 15 is 0 Å². The van der Waals surface area contributed by atoms with E-state index in [1.165, 1.54) is 0 Å². The number of fused-ring (bicyclic) bond motifs is 1. The molecule has 1 aromatic heterocycles. The molecule has 0 aliphatic carbocycles. The van der Waals surface area contributed by atoms with Crippen LogP contribution >= 0.6 is 0 Å². The average Bonchev–Trinajstić information content (AvgIpc) is 3.15. The summed E-state index contributed by atoms with van der Waals surface area (Å²) in [4.78, 5) is 28.6. The van der Waals surface area contributed by atoms with Gasteiger partial charge in [0.25, 0.3) is 5.91 Å². The van der Waals surface area contributed by atoms with Crippen molar-refractivity contribution < 1.29 is 46.2 Å². The number of nitrogens with zero attached hydrogens (tertiary/aromatic N) is 3. The number of carbonyl (C=O) groups is 2. The van der Waals surface area contributed by atoms with Crippen LogP contribution in [-0.2, 0) is 20.9 Å². The van der Waals surface area contributed by atoms with Gasteiger partial charge in [-0.3, -0.25) is 14.3 Å². The van der Waals surface area contributed by atoms with Gasteiger partial charge < -0.3 is 24.8 Å². The Morgan fingerprint density at radius 2 is 2.14 bits per heavy atom. The van der Waals surface area contributed by atoms with Crippen LogP contribution in [-0.4, -0.2) is 53.7 Å². The van der Waals surface area contributed by atoms with Gasteiger partial charge in [0.1, 0.15) is 18.7 Å². The van der Waals surface area contributed by atoms with Crippen LogP contribution in [0.1, 0.15) is 0 Å². The maximum Gasteiger partial charge on any atom is 0.415 e. The van der Waals surface area contributed by atoms with E-state index in [1.807, 2.05) is 0 Å². The number of rotatable bonds is 6. The van der Waals surface area contributed by atoms with E-state index in [9.17, 15) is 27.2 Å². The Balaban J connectivity index is 2.09. The second-order valence-electron chi connectivity index (χ2n) is 5.89. The maximum atomic E-state index is 14.7. The van der Waals surface area contributed by atoms with E-state index < -0.39 is 54.5 Å². The monoisotopic (exact) mass is 422 g/mol. The Morgan fingerprint density at radius 3 is 2.72 bits per heavy atom. The fourth-order valence-electron chi connectivity index (χ4n) is 2.66. The Morgan fingerprint density at radius 1 is 1.41 bits per heavy atom. The molecular formula is C15H14F4N4O6. The van der Waals surface area contributed by atoms with Crippen LogP contribution in [0.25, 0.3) is 11.1 Å². The molecule has 158 valence electrons. The Bertz CT molecular complexity index is 1010. The molecule has 1 aliphatic heterocycles. The molecule has 3 N–H and O–H groups in total. The minimum atomic E-state index is -4.73. The zero-order chi connectivity index (χ0) is 21.3. The summed E-state index contributed by atoms with van der Waals surface area (Å²) in [6.45, 7) is -2.73. The van der Waals surface area contributed by atoms with Crippen molar-refractivity contribution in [2.24, 2.45) is 10.9 Å². The molecule has 10 nitrogen and oxygen atoms in total. The van der Waals surface area contributed by atoms with Crippen molar-refractivity contribution in [3.05, 3.63) is 23.6 Å². The van der Waals surface area contributed by atoms with Gasteiger partial charge in [0.05, 0.1) is 18.8 Å². The molecule has 1 fully saturated rings. The molecule has 2 aromatic rings. The number of hydrogen-bond donors (Lipinski definition) is 2. The normalized spacial score (nSPS) is 17.8. The SMILES string of the molecule is NC(=O)[C@H]1CN(c2cc(F)c3c(c2)o/c(=N/OCCO)n3CC(F)(F)F)C(=O)O1. The van der Waals surface area contributed by atoms with Gasteiger partial charge in [-0.2, -0.15) is 13.2 Å². The summed E-state index contributed by atoms with van der Waals surface area (Å²) in [5.74, 6) is -2.06. The summed E-state index contributed by atoms with van der Waals surface area (Å²) in [5, 5.41) is 12.0. The standard InChI is InChI=1S/C15H14F4N4O6/c16-8-3-7(22-5-10(12(20)25)29-14(22)26)4-9-11(8)23(6-15(17,18)19)13(28-9)21-27-2-1-24/h3-4,10,24H,1-2,5-6H2,(H2,20,25)/b21-13+/t10-/m1/s1. The summed E-state index contributed by atoms with van der Waals surface area (Å²) in [6.07, 6.45) is -6.98. The molecule has 3 rings (SSSR count). The van der Waals surface area contributed by atoms with Crippen molar-refractivity contribution >= 4 is 28.8 Å². The molecule has 0 spiro atoms. The third kappa shape index (κ3) is 4.26. The average molecular weight is 422 g/mol. The fourth-order valence-corrected chi connectivity index (χ4v) is 2.66. The minimum absolute atomic E-state index is 0.125. The third-order valence-electron chi connectivity index (χ3n) is 3.82. The Labute approximate surface area is 158 Å². The molecule has 1 atom stereocenters. The second kappa shape index (κ2) is 7.62. The number of alkyl halides is 3. The Hall–Kier alpha value is -3.29. The second-order valence-corrected chi connectivity index (χ2v) is 5.89. The smallest absolute Gasteiger partial charge is 0.415 e. The first-order valence-corrected chi connectivity index (χ1v) is 8.04. The van der Waals surface area contributed by atoms with Crippen LogP contribution in [0.4, 0.5) is 28.0 Å². The number of cyclic esters (lactones) is 1. The number of aliphatic hydroxyl groups excluding tert-OH is 1. The van der Waals surface area contributed by atoms with Crippen LogP contribution < -0.4 is 16.3 Å². The fraction of sp³-hybridized carbons (Fsp3) is 0.400.